The third-order valence-electron chi connectivity index (χ3n) is 4.94. The van der Waals surface area contributed by atoms with Crippen LogP contribution in [0.3, 0.4) is 0 Å². The van der Waals surface area contributed by atoms with Crippen LogP contribution in [0.5, 0.6) is 11.5 Å². The van der Waals surface area contributed by atoms with Crippen molar-refractivity contribution in [2.24, 2.45) is 10.7 Å². The van der Waals surface area contributed by atoms with Gasteiger partial charge in [0.1, 0.15) is 11.5 Å². The molecule has 0 spiro atoms. The van der Waals surface area contributed by atoms with Gasteiger partial charge in [-0.2, -0.15) is 0 Å². The van der Waals surface area contributed by atoms with Crippen molar-refractivity contribution in [3.63, 3.8) is 0 Å². The molecule has 1 heterocycles. The number of piperazine rings is 1. The molecule has 2 aromatic carbocycles. The number of aliphatic imine (C=N–C) groups is 1. The van der Waals surface area contributed by atoms with E-state index < -0.39 is 5.91 Å². The summed E-state index contributed by atoms with van der Waals surface area (Å²) in [6.45, 7) is 4.04. The third kappa shape index (κ3) is 5.79. The molecule has 1 fully saturated rings. The highest BCUT2D eigenvalue weighted by Crippen LogP contribution is 2.22. The first-order valence-corrected chi connectivity index (χ1v) is 9.93. The number of carbonyl (C=O) groups excluding carboxylic acids is 1. The monoisotopic (exact) mass is 411 g/mol. The average molecular weight is 412 g/mol. The largest absolute Gasteiger partial charge is 0.497 e. The van der Waals surface area contributed by atoms with Crippen LogP contribution < -0.4 is 25.4 Å². The van der Waals surface area contributed by atoms with Crippen LogP contribution in [0.4, 0.5) is 5.69 Å². The molecular formula is C22H29N5O3. The van der Waals surface area contributed by atoms with Crippen LogP contribution in [0.1, 0.15) is 5.56 Å². The number of rotatable bonds is 7. The van der Waals surface area contributed by atoms with Gasteiger partial charge in [0, 0.05) is 51.5 Å². The lowest BCUT2D eigenvalue weighted by atomic mass is 10.2. The topological polar surface area (TPSA) is 92.4 Å². The minimum atomic E-state index is -0.494. The molecule has 3 rings (SSSR count). The van der Waals surface area contributed by atoms with Crippen molar-refractivity contribution >= 4 is 17.6 Å². The van der Waals surface area contributed by atoms with Gasteiger partial charge in [-0.1, -0.05) is 18.2 Å². The number of anilines is 1. The summed E-state index contributed by atoms with van der Waals surface area (Å²) in [5, 5.41) is 3.41. The molecule has 1 amide bonds. The molecule has 30 heavy (non-hydrogen) atoms. The Morgan fingerprint density at radius 2 is 1.83 bits per heavy atom. The molecule has 8 heteroatoms. The SMILES string of the molecule is CN=C(NCc1cccc(OCC(N)=O)c1)N1CCN(c2cccc(OC)c2)CC1. The molecule has 1 aliphatic heterocycles. The van der Waals surface area contributed by atoms with Crippen molar-refractivity contribution in [3.8, 4) is 11.5 Å². The number of ether oxygens (including phenoxy) is 2. The molecule has 1 saturated heterocycles. The Bertz CT molecular complexity index is 879. The smallest absolute Gasteiger partial charge is 0.255 e. The van der Waals surface area contributed by atoms with Gasteiger partial charge in [-0.3, -0.25) is 9.79 Å². The van der Waals surface area contributed by atoms with Crippen molar-refractivity contribution in [1.82, 2.24) is 10.2 Å². The number of primary amides is 1. The van der Waals surface area contributed by atoms with Crippen LogP contribution >= 0.6 is 0 Å². The van der Waals surface area contributed by atoms with Gasteiger partial charge in [-0.25, -0.2) is 0 Å². The van der Waals surface area contributed by atoms with Gasteiger partial charge < -0.3 is 30.3 Å². The normalized spacial score (nSPS) is 14.4. The van der Waals surface area contributed by atoms with E-state index in [0.717, 1.165) is 43.5 Å². The molecule has 0 radical (unpaired) electrons. The number of guanidine groups is 1. The summed E-state index contributed by atoms with van der Waals surface area (Å²) in [6.07, 6.45) is 0. The summed E-state index contributed by atoms with van der Waals surface area (Å²) < 4.78 is 10.7. The molecule has 160 valence electrons. The molecule has 0 atom stereocenters. The fourth-order valence-corrected chi connectivity index (χ4v) is 3.40. The second kappa shape index (κ2) is 10.4. The van der Waals surface area contributed by atoms with Crippen molar-refractivity contribution in [1.29, 1.82) is 0 Å². The summed E-state index contributed by atoms with van der Waals surface area (Å²) in [6, 6.07) is 15.7. The van der Waals surface area contributed by atoms with Gasteiger partial charge in [0.25, 0.3) is 5.91 Å². The van der Waals surface area contributed by atoms with Crippen molar-refractivity contribution in [2.75, 3.05) is 51.8 Å². The standard InChI is InChI=1S/C22H29N5O3/c1-24-22(25-15-17-5-3-8-20(13-17)30-16-21(23)28)27-11-9-26(10-12-27)18-6-4-7-19(14-18)29-2/h3-8,13-14H,9-12,15-16H2,1-2H3,(H2,23,28)(H,24,25). The van der Waals surface area contributed by atoms with E-state index in [1.165, 1.54) is 5.69 Å². The Kier molecular flexibility index (Phi) is 7.37. The van der Waals surface area contributed by atoms with Crippen LogP contribution in [-0.2, 0) is 11.3 Å². The van der Waals surface area contributed by atoms with Crippen LogP contribution in [-0.4, -0.2) is 63.7 Å². The predicted octanol–water partition coefficient (Wildman–Crippen LogP) is 1.46. The Morgan fingerprint density at radius 1 is 1.10 bits per heavy atom. The minimum absolute atomic E-state index is 0.129. The number of hydrogen-bond donors (Lipinski definition) is 2. The van der Waals surface area contributed by atoms with E-state index in [4.69, 9.17) is 15.2 Å². The zero-order valence-corrected chi connectivity index (χ0v) is 17.5. The van der Waals surface area contributed by atoms with Crippen LogP contribution in [0.2, 0.25) is 0 Å². The number of methoxy groups -OCH3 is 1. The average Bonchev–Trinajstić information content (AvgIpc) is 2.79. The highest BCUT2D eigenvalue weighted by molar-refractivity contribution is 5.80. The number of carbonyl (C=O) groups is 1. The number of nitrogens with zero attached hydrogens (tertiary/aromatic N) is 3. The highest BCUT2D eigenvalue weighted by Gasteiger charge is 2.20. The van der Waals surface area contributed by atoms with Crippen molar-refractivity contribution < 1.29 is 14.3 Å². The second-order valence-corrected chi connectivity index (χ2v) is 6.98. The van der Waals surface area contributed by atoms with E-state index in [1.807, 2.05) is 30.3 Å². The number of nitrogens with one attached hydrogen (secondary N) is 1. The molecule has 8 nitrogen and oxygen atoms in total. The summed E-state index contributed by atoms with van der Waals surface area (Å²) in [7, 11) is 3.48. The molecule has 2 aromatic rings. The van der Waals surface area contributed by atoms with E-state index in [1.54, 1.807) is 20.2 Å². The zero-order valence-electron chi connectivity index (χ0n) is 17.5. The lowest BCUT2D eigenvalue weighted by Crippen LogP contribution is -2.52. The third-order valence-corrected chi connectivity index (χ3v) is 4.94. The number of hydrogen-bond acceptors (Lipinski definition) is 5. The zero-order chi connectivity index (χ0) is 21.3. The molecule has 0 saturated carbocycles. The first kappa shape index (κ1) is 21.3. The van der Waals surface area contributed by atoms with Gasteiger partial charge >= 0.3 is 0 Å². The molecule has 3 N–H and O–H groups in total. The van der Waals surface area contributed by atoms with Crippen molar-refractivity contribution in [2.45, 2.75) is 6.54 Å². The van der Waals surface area contributed by atoms with Gasteiger partial charge in [0.05, 0.1) is 7.11 Å². The summed E-state index contributed by atoms with van der Waals surface area (Å²) in [5.41, 5.74) is 7.34. The van der Waals surface area contributed by atoms with Crippen LogP contribution in [0.15, 0.2) is 53.5 Å². The number of amides is 1. The lowest BCUT2D eigenvalue weighted by molar-refractivity contribution is -0.119. The Labute approximate surface area is 177 Å². The summed E-state index contributed by atoms with van der Waals surface area (Å²) >= 11 is 0. The molecular weight excluding hydrogens is 382 g/mol. The molecule has 1 aliphatic rings. The van der Waals surface area contributed by atoms with E-state index >= 15 is 0 Å². The predicted molar refractivity (Wildman–Crippen MR) is 118 cm³/mol. The van der Waals surface area contributed by atoms with E-state index in [9.17, 15) is 4.79 Å². The van der Waals surface area contributed by atoms with Gasteiger partial charge in [0.15, 0.2) is 12.6 Å². The maximum Gasteiger partial charge on any atom is 0.255 e. The van der Waals surface area contributed by atoms with Gasteiger partial charge in [0.2, 0.25) is 0 Å². The van der Waals surface area contributed by atoms with Crippen LogP contribution in [0, 0.1) is 0 Å². The van der Waals surface area contributed by atoms with E-state index in [-0.39, 0.29) is 6.61 Å². The van der Waals surface area contributed by atoms with Crippen molar-refractivity contribution in [3.05, 3.63) is 54.1 Å². The first-order valence-electron chi connectivity index (χ1n) is 9.93. The number of nitrogens with two attached hydrogens (primary N) is 1. The Balaban J connectivity index is 1.52. The summed E-state index contributed by atoms with van der Waals surface area (Å²) in [5.74, 6) is 1.86. The fraction of sp³-hybridized carbons (Fsp3) is 0.364. The summed E-state index contributed by atoms with van der Waals surface area (Å²) in [4.78, 5) is 19.9. The fourth-order valence-electron chi connectivity index (χ4n) is 3.40. The lowest BCUT2D eigenvalue weighted by Gasteiger charge is -2.37. The number of benzene rings is 2. The molecule has 0 aliphatic carbocycles. The quantitative estimate of drug-likeness (QED) is 0.529. The Morgan fingerprint density at radius 3 is 2.53 bits per heavy atom. The van der Waals surface area contributed by atoms with E-state index in [0.29, 0.717) is 12.3 Å². The first-order chi connectivity index (χ1) is 14.6. The highest BCUT2D eigenvalue weighted by atomic mass is 16.5. The molecule has 0 bridgehead atoms. The Hall–Kier alpha value is -3.42. The van der Waals surface area contributed by atoms with E-state index in [2.05, 4.69) is 32.2 Å². The maximum atomic E-state index is 10.9. The molecule has 0 aromatic heterocycles. The molecule has 0 unspecified atom stereocenters. The second-order valence-electron chi connectivity index (χ2n) is 6.98. The maximum absolute atomic E-state index is 10.9. The van der Waals surface area contributed by atoms with Crippen LogP contribution in [0.25, 0.3) is 0 Å². The van der Waals surface area contributed by atoms with Gasteiger partial charge in [-0.05, 0) is 29.8 Å². The van der Waals surface area contributed by atoms with Gasteiger partial charge in [-0.15, -0.1) is 0 Å². The minimum Gasteiger partial charge on any atom is -0.497 e.